The molecule has 0 spiro atoms. The normalized spacial score (nSPS) is 11.0. The maximum absolute atomic E-state index is 6.54. The third kappa shape index (κ3) is 3.64. The number of pyridine rings is 2. The van der Waals surface area contributed by atoms with Gasteiger partial charge in [0.25, 0.3) is 0 Å². The van der Waals surface area contributed by atoms with E-state index in [1.807, 2.05) is 55.7 Å². The maximum Gasteiger partial charge on any atom is 0.174 e. The lowest BCUT2D eigenvalue weighted by Gasteiger charge is -2.14. The number of fused-ring (bicyclic) bond motifs is 1. The average molecular weight is 429 g/mol. The second kappa shape index (κ2) is 7.66. The first-order valence-electron chi connectivity index (χ1n) is 9.48. The number of nitrogens with one attached hydrogen (secondary N) is 1. The first-order chi connectivity index (χ1) is 15.1. The van der Waals surface area contributed by atoms with E-state index in [0.29, 0.717) is 27.9 Å². The lowest BCUT2D eigenvalue weighted by atomic mass is 10.0. The number of rotatable bonds is 4. The van der Waals surface area contributed by atoms with Crippen molar-refractivity contribution in [3.05, 3.63) is 72.3 Å². The number of nitrogens with zero attached hydrogens (tertiary/aromatic N) is 6. The van der Waals surface area contributed by atoms with Gasteiger partial charge in [0.2, 0.25) is 0 Å². The highest BCUT2D eigenvalue weighted by Crippen LogP contribution is 2.35. The van der Waals surface area contributed by atoms with Crippen molar-refractivity contribution in [3.8, 4) is 22.6 Å². The van der Waals surface area contributed by atoms with Crippen LogP contribution in [0.5, 0.6) is 0 Å². The SMILES string of the molecule is Cn1ccc(-c2nc(N)c(Nc3cccnc3)nc2-c2cc(Cl)c3ncccc3c2)n1. The number of nitrogens with two attached hydrogens (primary N) is 1. The summed E-state index contributed by atoms with van der Waals surface area (Å²) >= 11 is 6.54. The van der Waals surface area contributed by atoms with E-state index < -0.39 is 0 Å². The molecule has 0 saturated heterocycles. The molecule has 0 bridgehead atoms. The van der Waals surface area contributed by atoms with Gasteiger partial charge in [-0.25, -0.2) is 9.97 Å². The molecule has 3 N–H and O–H groups in total. The highest BCUT2D eigenvalue weighted by atomic mass is 35.5. The quantitative estimate of drug-likeness (QED) is 0.435. The molecule has 0 unspecified atom stereocenters. The van der Waals surface area contributed by atoms with Crippen LogP contribution in [0.1, 0.15) is 0 Å². The molecule has 0 amide bonds. The molecule has 4 heterocycles. The van der Waals surface area contributed by atoms with Gasteiger partial charge in [-0.3, -0.25) is 14.6 Å². The Labute approximate surface area is 182 Å². The van der Waals surface area contributed by atoms with Crippen LogP contribution in [-0.2, 0) is 7.05 Å². The number of anilines is 3. The Morgan fingerprint density at radius 1 is 1.03 bits per heavy atom. The molecule has 0 aliphatic heterocycles. The van der Waals surface area contributed by atoms with Crippen molar-refractivity contribution in [1.29, 1.82) is 0 Å². The van der Waals surface area contributed by atoms with Crippen molar-refractivity contribution >= 4 is 39.8 Å². The van der Waals surface area contributed by atoms with Gasteiger partial charge in [-0.2, -0.15) is 5.10 Å². The Morgan fingerprint density at radius 3 is 2.68 bits per heavy atom. The predicted molar refractivity (Wildman–Crippen MR) is 122 cm³/mol. The molecule has 0 radical (unpaired) electrons. The van der Waals surface area contributed by atoms with Gasteiger partial charge in [0.15, 0.2) is 11.6 Å². The van der Waals surface area contributed by atoms with E-state index in [2.05, 4.69) is 25.4 Å². The van der Waals surface area contributed by atoms with E-state index in [-0.39, 0.29) is 5.82 Å². The summed E-state index contributed by atoms with van der Waals surface area (Å²) in [6, 6.07) is 13.2. The molecular formula is C22H17ClN8. The Morgan fingerprint density at radius 2 is 1.90 bits per heavy atom. The van der Waals surface area contributed by atoms with E-state index in [9.17, 15) is 0 Å². The van der Waals surface area contributed by atoms with Crippen molar-refractivity contribution in [2.45, 2.75) is 0 Å². The minimum Gasteiger partial charge on any atom is -0.381 e. The highest BCUT2D eigenvalue weighted by Gasteiger charge is 2.19. The number of aromatic nitrogens is 6. The van der Waals surface area contributed by atoms with Gasteiger partial charge >= 0.3 is 0 Å². The molecule has 9 heteroatoms. The first kappa shape index (κ1) is 19.0. The standard InChI is InChI=1S/C22H17ClN8/c1-31-9-6-17(30-31)20-19(14-10-13-4-2-8-26-18(13)16(23)11-14)29-22(21(24)28-20)27-15-5-3-7-25-12-15/h2-12H,1H3,(H2,24,28)(H,27,29). The van der Waals surface area contributed by atoms with Crippen LogP contribution in [0.15, 0.2) is 67.3 Å². The second-order valence-electron chi connectivity index (χ2n) is 6.93. The zero-order valence-electron chi connectivity index (χ0n) is 16.5. The number of nitrogen functional groups attached to an aromatic ring is 1. The van der Waals surface area contributed by atoms with Gasteiger partial charge in [0.05, 0.1) is 22.4 Å². The fourth-order valence-electron chi connectivity index (χ4n) is 3.32. The van der Waals surface area contributed by atoms with Crippen LogP contribution in [0.25, 0.3) is 33.5 Å². The number of aryl methyl sites for hydroxylation is 1. The van der Waals surface area contributed by atoms with E-state index in [0.717, 1.165) is 22.2 Å². The zero-order chi connectivity index (χ0) is 21.4. The molecule has 5 rings (SSSR count). The van der Waals surface area contributed by atoms with Crippen LogP contribution in [0.2, 0.25) is 5.02 Å². The summed E-state index contributed by atoms with van der Waals surface area (Å²) in [4.78, 5) is 17.9. The fourth-order valence-corrected chi connectivity index (χ4v) is 3.60. The van der Waals surface area contributed by atoms with Crippen molar-refractivity contribution < 1.29 is 0 Å². The molecule has 0 atom stereocenters. The van der Waals surface area contributed by atoms with Crippen molar-refractivity contribution in [2.75, 3.05) is 11.1 Å². The van der Waals surface area contributed by atoms with E-state index in [1.54, 1.807) is 23.3 Å². The number of halogens is 1. The third-order valence-corrected chi connectivity index (χ3v) is 5.02. The van der Waals surface area contributed by atoms with Gasteiger partial charge < -0.3 is 11.1 Å². The lowest BCUT2D eigenvalue weighted by Crippen LogP contribution is -2.06. The van der Waals surface area contributed by atoms with Gasteiger partial charge in [-0.1, -0.05) is 17.7 Å². The van der Waals surface area contributed by atoms with Gasteiger partial charge in [-0.15, -0.1) is 0 Å². The molecule has 0 aliphatic rings. The average Bonchev–Trinajstić information content (AvgIpc) is 3.22. The van der Waals surface area contributed by atoms with E-state index in [1.165, 1.54) is 0 Å². The van der Waals surface area contributed by atoms with Crippen molar-refractivity contribution in [3.63, 3.8) is 0 Å². The third-order valence-electron chi connectivity index (χ3n) is 4.74. The van der Waals surface area contributed by atoms with Crippen LogP contribution in [-0.4, -0.2) is 29.7 Å². The maximum atomic E-state index is 6.54. The molecule has 0 fully saturated rings. The van der Waals surface area contributed by atoms with Crippen LogP contribution < -0.4 is 11.1 Å². The van der Waals surface area contributed by atoms with Crippen molar-refractivity contribution in [1.82, 2.24) is 29.7 Å². The first-order valence-corrected chi connectivity index (χ1v) is 9.85. The molecule has 1 aromatic carbocycles. The highest BCUT2D eigenvalue weighted by molar-refractivity contribution is 6.35. The number of hydrogen-bond acceptors (Lipinski definition) is 7. The molecule has 152 valence electrons. The van der Waals surface area contributed by atoms with E-state index in [4.69, 9.17) is 22.3 Å². The Bertz CT molecular complexity index is 1400. The molecule has 5 aromatic rings. The van der Waals surface area contributed by atoms with Crippen LogP contribution in [0.4, 0.5) is 17.3 Å². The topological polar surface area (TPSA) is 107 Å². The number of hydrogen-bond donors (Lipinski definition) is 2. The minimum atomic E-state index is 0.252. The summed E-state index contributed by atoms with van der Waals surface area (Å²) < 4.78 is 1.70. The largest absolute Gasteiger partial charge is 0.381 e. The smallest absolute Gasteiger partial charge is 0.174 e. The summed E-state index contributed by atoms with van der Waals surface area (Å²) in [7, 11) is 1.84. The van der Waals surface area contributed by atoms with Crippen LogP contribution >= 0.6 is 11.6 Å². The van der Waals surface area contributed by atoms with Crippen LogP contribution in [0, 0.1) is 0 Å². The molecule has 0 saturated carbocycles. The van der Waals surface area contributed by atoms with Crippen molar-refractivity contribution in [2.24, 2.45) is 7.05 Å². The van der Waals surface area contributed by atoms with Gasteiger partial charge in [0.1, 0.15) is 17.1 Å². The summed E-state index contributed by atoms with van der Waals surface area (Å²) in [5, 5.41) is 9.10. The summed E-state index contributed by atoms with van der Waals surface area (Å²) in [6.07, 6.45) is 6.94. The molecule has 4 aromatic heterocycles. The molecule has 0 aliphatic carbocycles. The Hall–Kier alpha value is -4.04. The second-order valence-corrected chi connectivity index (χ2v) is 7.34. The van der Waals surface area contributed by atoms with Gasteiger partial charge in [0, 0.05) is 36.6 Å². The molecule has 31 heavy (non-hydrogen) atoms. The summed E-state index contributed by atoms with van der Waals surface area (Å²) in [5.41, 5.74) is 10.3. The predicted octanol–water partition coefficient (Wildman–Crippen LogP) is 4.47. The molecule has 8 nitrogen and oxygen atoms in total. The number of benzene rings is 1. The Kier molecular flexibility index (Phi) is 4.68. The monoisotopic (exact) mass is 428 g/mol. The Balaban J connectivity index is 1.72. The molecular weight excluding hydrogens is 412 g/mol. The lowest BCUT2D eigenvalue weighted by molar-refractivity contribution is 0.770. The fraction of sp³-hybridized carbons (Fsp3) is 0.0455. The van der Waals surface area contributed by atoms with Crippen LogP contribution in [0.3, 0.4) is 0 Å². The minimum absolute atomic E-state index is 0.252. The summed E-state index contributed by atoms with van der Waals surface area (Å²) in [5.74, 6) is 0.673. The zero-order valence-corrected chi connectivity index (χ0v) is 17.2. The van der Waals surface area contributed by atoms with Gasteiger partial charge in [-0.05, 0) is 36.4 Å². The summed E-state index contributed by atoms with van der Waals surface area (Å²) in [6.45, 7) is 0. The van der Waals surface area contributed by atoms with E-state index >= 15 is 0 Å².